The second kappa shape index (κ2) is 4.24. The molecular formula is C12H24N2O2. The number of nitrogens with zero attached hydrogens (tertiary/aromatic N) is 1. The minimum atomic E-state index is -0.402. The summed E-state index contributed by atoms with van der Waals surface area (Å²) < 4.78 is 5.30. The number of carbonyl (C=O) groups is 1. The van der Waals surface area contributed by atoms with Crippen molar-refractivity contribution in [2.75, 3.05) is 20.1 Å². The van der Waals surface area contributed by atoms with Crippen LogP contribution >= 0.6 is 0 Å². The smallest absolute Gasteiger partial charge is 0.410 e. The summed E-state index contributed by atoms with van der Waals surface area (Å²) in [6, 6.07) is 0. The molecule has 0 atom stereocenters. The lowest BCUT2D eigenvalue weighted by Gasteiger charge is -2.47. The van der Waals surface area contributed by atoms with E-state index in [0.29, 0.717) is 5.92 Å². The molecule has 0 saturated carbocycles. The van der Waals surface area contributed by atoms with E-state index in [0.717, 1.165) is 13.1 Å². The molecule has 0 bridgehead atoms. The molecule has 1 aliphatic heterocycles. The van der Waals surface area contributed by atoms with Crippen molar-refractivity contribution in [2.24, 2.45) is 5.92 Å². The molecule has 0 aromatic heterocycles. The highest BCUT2D eigenvalue weighted by Crippen LogP contribution is 2.28. The van der Waals surface area contributed by atoms with Crippen LogP contribution in [-0.2, 0) is 4.74 Å². The lowest BCUT2D eigenvalue weighted by molar-refractivity contribution is -0.0146. The molecule has 1 aliphatic rings. The molecule has 0 unspecified atom stereocenters. The predicted molar refractivity (Wildman–Crippen MR) is 64.4 cm³/mol. The van der Waals surface area contributed by atoms with Crippen molar-refractivity contribution in [3.63, 3.8) is 0 Å². The molecule has 1 heterocycles. The molecular weight excluding hydrogens is 204 g/mol. The largest absolute Gasteiger partial charge is 0.444 e. The van der Waals surface area contributed by atoms with Gasteiger partial charge in [0.2, 0.25) is 0 Å². The molecule has 94 valence electrons. The van der Waals surface area contributed by atoms with Gasteiger partial charge in [-0.15, -0.1) is 0 Å². The Hall–Kier alpha value is -0.770. The van der Waals surface area contributed by atoms with Crippen LogP contribution < -0.4 is 5.32 Å². The van der Waals surface area contributed by atoms with Crippen LogP contribution in [0.1, 0.15) is 34.6 Å². The minimum absolute atomic E-state index is 0.0819. The van der Waals surface area contributed by atoms with E-state index in [1.165, 1.54) is 0 Å². The van der Waals surface area contributed by atoms with Gasteiger partial charge in [0.1, 0.15) is 5.60 Å². The first-order chi connectivity index (χ1) is 7.15. The number of rotatable bonds is 2. The molecule has 0 aliphatic carbocycles. The van der Waals surface area contributed by atoms with Gasteiger partial charge >= 0.3 is 6.09 Å². The normalized spacial score (nSPS) is 18.2. The van der Waals surface area contributed by atoms with E-state index in [1.807, 2.05) is 27.8 Å². The summed E-state index contributed by atoms with van der Waals surface area (Å²) in [6.07, 6.45) is -0.198. The number of carbonyl (C=O) groups excluding carboxylic acids is 1. The molecule has 16 heavy (non-hydrogen) atoms. The summed E-state index contributed by atoms with van der Waals surface area (Å²) in [7, 11) is 1.95. The summed E-state index contributed by atoms with van der Waals surface area (Å²) in [4.78, 5) is 13.4. The number of nitrogens with one attached hydrogen (secondary N) is 1. The Balaban J connectivity index is 2.39. The topological polar surface area (TPSA) is 41.6 Å². The quantitative estimate of drug-likeness (QED) is 0.784. The first kappa shape index (κ1) is 13.3. The maximum absolute atomic E-state index is 11.7. The Bertz CT molecular complexity index is 263. The number of amides is 1. The van der Waals surface area contributed by atoms with Gasteiger partial charge in [-0.3, -0.25) is 0 Å². The molecule has 4 heteroatoms. The molecule has 1 fully saturated rings. The van der Waals surface area contributed by atoms with E-state index >= 15 is 0 Å². The van der Waals surface area contributed by atoms with Crippen molar-refractivity contribution in [1.29, 1.82) is 0 Å². The molecule has 4 nitrogen and oxygen atoms in total. The van der Waals surface area contributed by atoms with Gasteiger partial charge in [0, 0.05) is 24.5 Å². The SMILES string of the molecule is CNC(C)(C)C1CN(C(=O)OC(C)(C)C)C1. The van der Waals surface area contributed by atoms with E-state index in [2.05, 4.69) is 19.2 Å². The summed E-state index contributed by atoms with van der Waals surface area (Å²) >= 11 is 0. The van der Waals surface area contributed by atoms with Crippen molar-refractivity contribution in [1.82, 2.24) is 10.2 Å². The first-order valence-electron chi connectivity index (χ1n) is 5.82. The van der Waals surface area contributed by atoms with Crippen molar-refractivity contribution in [3.05, 3.63) is 0 Å². The Morgan fingerprint density at radius 2 is 1.75 bits per heavy atom. The summed E-state index contributed by atoms with van der Waals surface area (Å²) in [5, 5.41) is 3.27. The highest BCUT2D eigenvalue weighted by Gasteiger charge is 2.41. The average Bonchev–Trinajstić information content (AvgIpc) is 1.96. The third-order valence-electron chi connectivity index (χ3n) is 3.20. The van der Waals surface area contributed by atoms with Crippen LogP contribution in [0.4, 0.5) is 4.79 Å². The molecule has 1 amide bonds. The number of hydrogen-bond donors (Lipinski definition) is 1. The van der Waals surface area contributed by atoms with Crippen molar-refractivity contribution in [2.45, 2.75) is 45.8 Å². The Morgan fingerprint density at radius 1 is 1.25 bits per heavy atom. The maximum Gasteiger partial charge on any atom is 0.410 e. The van der Waals surface area contributed by atoms with Gasteiger partial charge in [-0.05, 0) is 41.7 Å². The van der Waals surface area contributed by atoms with Crippen molar-refractivity contribution < 1.29 is 9.53 Å². The van der Waals surface area contributed by atoms with Crippen LogP contribution in [0.5, 0.6) is 0 Å². The van der Waals surface area contributed by atoms with Gasteiger partial charge in [-0.1, -0.05) is 0 Å². The van der Waals surface area contributed by atoms with Crippen molar-refractivity contribution >= 4 is 6.09 Å². The lowest BCUT2D eigenvalue weighted by Crippen LogP contribution is -2.62. The van der Waals surface area contributed by atoms with Gasteiger partial charge < -0.3 is 15.0 Å². The number of likely N-dealkylation sites (tertiary alicyclic amines) is 1. The monoisotopic (exact) mass is 228 g/mol. The van der Waals surface area contributed by atoms with E-state index in [4.69, 9.17) is 4.74 Å². The van der Waals surface area contributed by atoms with E-state index in [-0.39, 0.29) is 11.6 Å². The Kier molecular flexibility index (Phi) is 3.53. The highest BCUT2D eigenvalue weighted by molar-refractivity contribution is 5.69. The second-order valence-corrected chi connectivity index (χ2v) is 6.05. The van der Waals surface area contributed by atoms with Crippen LogP contribution in [0.15, 0.2) is 0 Å². The van der Waals surface area contributed by atoms with Crippen LogP contribution in [0, 0.1) is 5.92 Å². The zero-order valence-electron chi connectivity index (χ0n) is 11.3. The zero-order chi connectivity index (χ0) is 12.6. The Morgan fingerprint density at radius 3 is 2.12 bits per heavy atom. The van der Waals surface area contributed by atoms with Gasteiger partial charge in [0.15, 0.2) is 0 Å². The molecule has 0 aromatic carbocycles. The van der Waals surface area contributed by atoms with Crippen molar-refractivity contribution in [3.8, 4) is 0 Å². The lowest BCUT2D eigenvalue weighted by atomic mass is 9.82. The van der Waals surface area contributed by atoms with Gasteiger partial charge in [0.05, 0.1) is 0 Å². The third kappa shape index (κ3) is 3.11. The molecule has 0 spiro atoms. The number of ether oxygens (including phenoxy) is 1. The highest BCUT2D eigenvalue weighted by atomic mass is 16.6. The fraction of sp³-hybridized carbons (Fsp3) is 0.917. The minimum Gasteiger partial charge on any atom is -0.444 e. The first-order valence-corrected chi connectivity index (χ1v) is 5.82. The standard InChI is InChI=1S/C12H24N2O2/c1-11(2,3)16-10(15)14-7-9(8-14)12(4,5)13-6/h9,13H,7-8H2,1-6H3. The van der Waals surface area contributed by atoms with Gasteiger partial charge in [0.25, 0.3) is 0 Å². The number of hydrogen-bond acceptors (Lipinski definition) is 3. The second-order valence-electron chi connectivity index (χ2n) is 6.05. The van der Waals surface area contributed by atoms with Crippen LogP contribution in [0.25, 0.3) is 0 Å². The molecule has 0 aromatic rings. The van der Waals surface area contributed by atoms with Crippen LogP contribution in [0.3, 0.4) is 0 Å². The summed E-state index contributed by atoms with van der Waals surface area (Å²) in [6.45, 7) is 11.5. The maximum atomic E-state index is 11.7. The molecule has 1 rings (SSSR count). The van der Waals surface area contributed by atoms with Crippen LogP contribution in [0.2, 0.25) is 0 Å². The van der Waals surface area contributed by atoms with E-state index in [1.54, 1.807) is 4.90 Å². The van der Waals surface area contributed by atoms with E-state index < -0.39 is 5.60 Å². The summed E-state index contributed by atoms with van der Waals surface area (Å²) in [5.74, 6) is 0.505. The third-order valence-corrected chi connectivity index (χ3v) is 3.20. The van der Waals surface area contributed by atoms with Gasteiger partial charge in [-0.25, -0.2) is 4.79 Å². The summed E-state index contributed by atoms with van der Waals surface area (Å²) in [5.41, 5.74) is -0.320. The predicted octanol–water partition coefficient (Wildman–Crippen LogP) is 1.85. The molecule has 1 N–H and O–H groups in total. The fourth-order valence-electron chi connectivity index (χ4n) is 1.61. The Labute approximate surface area is 98.3 Å². The average molecular weight is 228 g/mol. The molecule has 0 radical (unpaired) electrons. The van der Waals surface area contributed by atoms with Gasteiger partial charge in [-0.2, -0.15) is 0 Å². The van der Waals surface area contributed by atoms with Crippen LogP contribution in [-0.4, -0.2) is 42.3 Å². The molecule has 1 saturated heterocycles. The zero-order valence-corrected chi connectivity index (χ0v) is 11.3. The van der Waals surface area contributed by atoms with E-state index in [9.17, 15) is 4.79 Å². The fourth-order valence-corrected chi connectivity index (χ4v) is 1.61.